The summed E-state index contributed by atoms with van der Waals surface area (Å²) in [5.74, 6) is 0.881. The number of rotatable bonds is 0. The van der Waals surface area contributed by atoms with Crippen molar-refractivity contribution in [2.24, 2.45) is 5.92 Å². The van der Waals surface area contributed by atoms with Crippen molar-refractivity contribution >= 4 is 0 Å². The van der Waals surface area contributed by atoms with Gasteiger partial charge in [0.2, 0.25) is 0 Å². The minimum Gasteiger partial charge on any atom is -0.306 e. The van der Waals surface area contributed by atoms with Crippen molar-refractivity contribution in [1.82, 2.24) is 14.7 Å². The van der Waals surface area contributed by atoms with Crippen molar-refractivity contribution in [2.45, 2.75) is 32.6 Å². The van der Waals surface area contributed by atoms with Gasteiger partial charge in [-0.15, -0.1) is 0 Å². The summed E-state index contributed by atoms with van der Waals surface area (Å²) in [5.41, 5.74) is 0. The van der Waals surface area contributed by atoms with E-state index in [0.717, 1.165) is 5.92 Å². The van der Waals surface area contributed by atoms with Gasteiger partial charge in [0.25, 0.3) is 0 Å². The maximum atomic E-state index is 2.50. The maximum Gasteiger partial charge on any atom is 0.0106 e. The number of nitrogens with zero attached hydrogens (tertiary/aromatic N) is 3. The van der Waals surface area contributed by atoms with Crippen LogP contribution in [0.1, 0.15) is 32.6 Å². The predicted molar refractivity (Wildman–Crippen MR) is 80.1 cm³/mol. The zero-order valence-corrected chi connectivity index (χ0v) is 13.0. The average molecular weight is 255 g/mol. The molecule has 0 saturated carbocycles. The van der Waals surface area contributed by atoms with Gasteiger partial charge in [-0.3, -0.25) is 0 Å². The molecule has 0 aromatic carbocycles. The van der Waals surface area contributed by atoms with Crippen LogP contribution in [0.5, 0.6) is 0 Å². The Morgan fingerprint density at radius 1 is 0.611 bits per heavy atom. The Morgan fingerprint density at radius 3 is 1.72 bits per heavy atom. The van der Waals surface area contributed by atoms with E-state index in [1.807, 2.05) is 0 Å². The van der Waals surface area contributed by atoms with E-state index in [9.17, 15) is 0 Å². The fraction of sp³-hybridized carbons (Fsp3) is 1.00. The zero-order chi connectivity index (χ0) is 13.4. The highest BCUT2D eigenvalue weighted by molar-refractivity contribution is 4.64. The van der Waals surface area contributed by atoms with E-state index in [4.69, 9.17) is 0 Å². The summed E-state index contributed by atoms with van der Waals surface area (Å²) < 4.78 is 0. The second kappa shape index (κ2) is 8.89. The van der Waals surface area contributed by atoms with Crippen LogP contribution >= 0.6 is 0 Å². The lowest BCUT2D eigenvalue weighted by atomic mass is 10.0. The van der Waals surface area contributed by atoms with Gasteiger partial charge >= 0.3 is 0 Å². The van der Waals surface area contributed by atoms with Crippen LogP contribution in [0.25, 0.3) is 0 Å². The Bertz CT molecular complexity index is 166. The van der Waals surface area contributed by atoms with Crippen molar-refractivity contribution in [3.63, 3.8) is 0 Å². The summed E-state index contributed by atoms with van der Waals surface area (Å²) >= 11 is 0. The van der Waals surface area contributed by atoms with E-state index in [0.29, 0.717) is 0 Å². The molecule has 0 aromatic rings. The monoisotopic (exact) mass is 255 g/mol. The Kier molecular flexibility index (Phi) is 7.87. The van der Waals surface area contributed by atoms with Crippen LogP contribution in [0.4, 0.5) is 0 Å². The molecular weight excluding hydrogens is 222 g/mol. The van der Waals surface area contributed by atoms with Crippen molar-refractivity contribution in [3.05, 3.63) is 0 Å². The molecule has 1 unspecified atom stereocenters. The first-order valence-corrected chi connectivity index (χ1v) is 7.63. The van der Waals surface area contributed by atoms with Gasteiger partial charge in [-0.25, -0.2) is 0 Å². The van der Waals surface area contributed by atoms with Crippen LogP contribution in [0.2, 0.25) is 0 Å². The van der Waals surface area contributed by atoms with E-state index < -0.39 is 0 Å². The molecule has 0 aromatic heterocycles. The van der Waals surface area contributed by atoms with Crippen LogP contribution in [-0.2, 0) is 0 Å². The van der Waals surface area contributed by atoms with Gasteiger partial charge in [0, 0.05) is 13.1 Å². The van der Waals surface area contributed by atoms with Gasteiger partial charge in [-0.05, 0) is 78.9 Å². The molecule has 1 fully saturated rings. The number of likely N-dealkylation sites (N-methyl/N-ethyl adjacent to an activating group) is 2. The van der Waals surface area contributed by atoms with Gasteiger partial charge in [-0.2, -0.15) is 0 Å². The van der Waals surface area contributed by atoms with E-state index in [-0.39, 0.29) is 0 Å². The Labute approximate surface area is 114 Å². The average Bonchev–Trinajstić information content (AvgIpc) is 2.33. The van der Waals surface area contributed by atoms with Gasteiger partial charge in [0.1, 0.15) is 0 Å². The molecule has 1 rings (SSSR count). The normalized spacial score (nSPS) is 29.0. The standard InChI is InChI=1S/C15H33N3/c1-15-7-5-9-17(3)13-14-18(4)11-6-10-16(2)12-8-15/h15H,5-14H2,1-4H3. The summed E-state index contributed by atoms with van der Waals surface area (Å²) in [4.78, 5) is 7.46. The molecule has 1 aliphatic rings. The molecule has 108 valence electrons. The van der Waals surface area contributed by atoms with Crippen LogP contribution in [0.3, 0.4) is 0 Å². The first-order valence-electron chi connectivity index (χ1n) is 7.63. The second-order valence-corrected chi connectivity index (χ2v) is 6.30. The van der Waals surface area contributed by atoms with Crippen molar-refractivity contribution in [1.29, 1.82) is 0 Å². The predicted octanol–water partition coefficient (Wildman–Crippen LogP) is 1.99. The van der Waals surface area contributed by atoms with Crippen LogP contribution in [0, 0.1) is 5.92 Å². The Balaban J connectivity index is 2.36. The molecule has 1 atom stereocenters. The third-order valence-corrected chi connectivity index (χ3v) is 4.18. The van der Waals surface area contributed by atoms with Crippen molar-refractivity contribution < 1.29 is 0 Å². The molecule has 0 aliphatic carbocycles. The summed E-state index contributed by atoms with van der Waals surface area (Å²) in [6, 6.07) is 0. The number of hydrogen-bond acceptors (Lipinski definition) is 3. The molecule has 0 radical (unpaired) electrons. The molecule has 0 amide bonds. The third kappa shape index (κ3) is 7.34. The smallest absolute Gasteiger partial charge is 0.0106 e. The Morgan fingerprint density at radius 2 is 1.11 bits per heavy atom. The molecule has 0 N–H and O–H groups in total. The summed E-state index contributed by atoms with van der Waals surface area (Å²) in [6.45, 7) is 9.82. The summed E-state index contributed by atoms with van der Waals surface area (Å²) in [5, 5.41) is 0. The molecule has 3 heteroatoms. The highest BCUT2D eigenvalue weighted by Crippen LogP contribution is 2.11. The van der Waals surface area contributed by atoms with Crippen molar-refractivity contribution in [3.8, 4) is 0 Å². The molecular formula is C15H33N3. The zero-order valence-electron chi connectivity index (χ0n) is 13.0. The van der Waals surface area contributed by atoms with Gasteiger partial charge in [-0.1, -0.05) is 6.92 Å². The van der Waals surface area contributed by atoms with Gasteiger partial charge in [0.15, 0.2) is 0 Å². The summed E-state index contributed by atoms with van der Waals surface area (Å²) in [6.07, 6.45) is 5.39. The molecule has 18 heavy (non-hydrogen) atoms. The lowest BCUT2D eigenvalue weighted by molar-refractivity contribution is 0.223. The van der Waals surface area contributed by atoms with E-state index in [1.165, 1.54) is 65.0 Å². The molecule has 1 heterocycles. The molecule has 1 saturated heterocycles. The van der Waals surface area contributed by atoms with Crippen molar-refractivity contribution in [2.75, 3.05) is 60.4 Å². The first-order chi connectivity index (χ1) is 8.58. The van der Waals surface area contributed by atoms with E-state index >= 15 is 0 Å². The minimum absolute atomic E-state index is 0.881. The highest BCUT2D eigenvalue weighted by atomic mass is 15.2. The molecule has 0 bridgehead atoms. The topological polar surface area (TPSA) is 9.72 Å². The van der Waals surface area contributed by atoms with E-state index in [2.05, 4.69) is 42.8 Å². The van der Waals surface area contributed by atoms with Gasteiger partial charge < -0.3 is 14.7 Å². The SMILES string of the molecule is CC1CCCN(C)CCN(C)CCCN(C)CC1. The Hall–Kier alpha value is -0.120. The minimum atomic E-state index is 0.881. The largest absolute Gasteiger partial charge is 0.306 e. The summed E-state index contributed by atoms with van der Waals surface area (Å²) in [7, 11) is 6.78. The highest BCUT2D eigenvalue weighted by Gasteiger charge is 2.08. The molecule has 1 aliphatic heterocycles. The van der Waals surface area contributed by atoms with E-state index in [1.54, 1.807) is 0 Å². The fourth-order valence-corrected chi connectivity index (χ4v) is 2.58. The molecule has 3 nitrogen and oxygen atoms in total. The second-order valence-electron chi connectivity index (χ2n) is 6.30. The third-order valence-electron chi connectivity index (χ3n) is 4.18. The lowest BCUT2D eigenvalue weighted by Gasteiger charge is -2.25. The van der Waals surface area contributed by atoms with Gasteiger partial charge in [0.05, 0.1) is 0 Å². The fourth-order valence-electron chi connectivity index (χ4n) is 2.58. The van der Waals surface area contributed by atoms with Crippen LogP contribution < -0.4 is 0 Å². The first kappa shape index (κ1) is 15.9. The number of hydrogen-bond donors (Lipinski definition) is 0. The quantitative estimate of drug-likeness (QED) is 0.655. The lowest BCUT2D eigenvalue weighted by Crippen LogP contribution is -2.34. The van der Waals surface area contributed by atoms with Crippen LogP contribution in [0.15, 0.2) is 0 Å². The van der Waals surface area contributed by atoms with Crippen LogP contribution in [-0.4, -0.2) is 75.1 Å². The molecule has 0 spiro atoms. The maximum absolute atomic E-state index is 2.50.